The molecule has 3 aliphatic carbocycles. The van der Waals surface area contributed by atoms with Crippen molar-refractivity contribution in [2.75, 3.05) is 11.5 Å². The molecule has 1 heterocycles. The second kappa shape index (κ2) is 5.86. The van der Waals surface area contributed by atoms with Crippen LogP contribution in [0.5, 0.6) is 0 Å². The van der Waals surface area contributed by atoms with Crippen molar-refractivity contribution in [2.24, 2.45) is 0 Å². The van der Waals surface area contributed by atoms with Gasteiger partial charge in [-0.3, -0.25) is 4.79 Å². The van der Waals surface area contributed by atoms with E-state index in [2.05, 4.69) is 12.1 Å². The van der Waals surface area contributed by atoms with Crippen LogP contribution in [0.1, 0.15) is 70.3 Å². The van der Waals surface area contributed by atoms with Crippen molar-refractivity contribution >= 4 is 27.5 Å². The van der Waals surface area contributed by atoms with Gasteiger partial charge in [0.1, 0.15) is 11.5 Å². The van der Waals surface area contributed by atoms with Crippen LogP contribution >= 0.6 is 0 Å². The summed E-state index contributed by atoms with van der Waals surface area (Å²) in [5, 5.41) is 3.45. The number of aryl methyl sites for hydroxylation is 4. The van der Waals surface area contributed by atoms with E-state index in [9.17, 15) is 4.79 Å². The lowest BCUT2D eigenvalue weighted by Crippen LogP contribution is -2.37. The van der Waals surface area contributed by atoms with Gasteiger partial charge in [0.2, 0.25) is 5.78 Å². The summed E-state index contributed by atoms with van der Waals surface area (Å²) in [4.78, 5) is 13.7. The van der Waals surface area contributed by atoms with Crippen LogP contribution in [0.25, 0.3) is 10.8 Å². The number of hydrogen-bond donors (Lipinski definition) is 0. The van der Waals surface area contributed by atoms with Gasteiger partial charge >= 0.3 is 0 Å². The van der Waals surface area contributed by atoms with Gasteiger partial charge in [0.05, 0.1) is 0 Å². The Hall–Kier alpha value is -1.28. The minimum Gasteiger partial charge on any atom is -0.288 e. The maximum absolute atomic E-state index is 13.7. The van der Waals surface area contributed by atoms with E-state index < -0.39 is 0 Å². The van der Waals surface area contributed by atoms with Crippen LogP contribution in [0.2, 0.25) is 0 Å². The summed E-state index contributed by atoms with van der Waals surface area (Å²) >= 11 is 0. The van der Waals surface area contributed by atoms with E-state index in [1.54, 1.807) is 16.5 Å². The fourth-order valence-electron chi connectivity index (χ4n) is 6.26. The van der Waals surface area contributed by atoms with Crippen LogP contribution < -0.4 is 0 Å². The van der Waals surface area contributed by atoms with Gasteiger partial charge in [0.25, 0.3) is 0 Å². The van der Waals surface area contributed by atoms with Crippen LogP contribution in [0, 0.1) is 0 Å². The summed E-state index contributed by atoms with van der Waals surface area (Å²) in [6, 6.07) is 4.78. The lowest BCUT2D eigenvalue weighted by Gasteiger charge is -2.33. The molecule has 0 bridgehead atoms. The molecule has 2 heteroatoms. The minimum absolute atomic E-state index is 0.350. The van der Waals surface area contributed by atoms with E-state index in [4.69, 9.17) is 0 Å². The highest BCUT2D eigenvalue weighted by atomic mass is 32.2. The summed E-state index contributed by atoms with van der Waals surface area (Å²) in [7, 11) is 0.369. The second-order valence-electron chi connectivity index (χ2n) is 8.70. The molecular weight excluding hydrogens is 336 g/mol. The molecule has 0 spiro atoms. The van der Waals surface area contributed by atoms with Crippen LogP contribution in [0.15, 0.2) is 12.1 Å². The molecule has 1 saturated heterocycles. The van der Waals surface area contributed by atoms with Crippen molar-refractivity contribution in [3.8, 4) is 0 Å². The molecule has 0 aromatic heterocycles. The summed E-state index contributed by atoms with van der Waals surface area (Å²) in [6.45, 7) is 0. The topological polar surface area (TPSA) is 17.1 Å². The van der Waals surface area contributed by atoms with Gasteiger partial charge in [-0.25, -0.2) is 0 Å². The first kappa shape index (κ1) is 15.7. The molecule has 1 unspecified atom stereocenters. The fourth-order valence-corrected chi connectivity index (χ4v) is 9.06. The van der Waals surface area contributed by atoms with E-state index in [-0.39, 0.29) is 0 Å². The van der Waals surface area contributed by atoms with Gasteiger partial charge in [-0.2, -0.15) is 0 Å². The van der Waals surface area contributed by atoms with Gasteiger partial charge in [-0.15, -0.1) is 0 Å². The summed E-state index contributed by atoms with van der Waals surface area (Å²) in [5.41, 5.74) is 8.82. The molecule has 4 aliphatic rings. The molecule has 1 aliphatic heterocycles. The van der Waals surface area contributed by atoms with Crippen molar-refractivity contribution in [3.05, 3.63) is 45.5 Å². The molecule has 0 amide bonds. The Balaban J connectivity index is 1.63. The molecule has 0 saturated carbocycles. The third-order valence-corrected chi connectivity index (χ3v) is 10.2. The van der Waals surface area contributed by atoms with E-state index in [1.165, 1.54) is 84.1 Å². The highest BCUT2D eigenvalue weighted by molar-refractivity contribution is 7.98. The third kappa shape index (κ3) is 2.08. The molecule has 1 nitrogen and oxygen atoms in total. The van der Waals surface area contributed by atoms with Gasteiger partial charge in [-0.1, -0.05) is 12.1 Å². The number of carbonyl (C=O) groups is 1. The molecule has 6 rings (SSSR count). The van der Waals surface area contributed by atoms with Gasteiger partial charge < -0.3 is 0 Å². The Labute approximate surface area is 158 Å². The first-order chi connectivity index (χ1) is 12.8. The smallest absolute Gasteiger partial charge is 0.215 e. The van der Waals surface area contributed by atoms with Crippen molar-refractivity contribution in [2.45, 2.75) is 69.5 Å². The highest BCUT2D eigenvalue weighted by Gasteiger charge is 2.44. The maximum Gasteiger partial charge on any atom is 0.215 e. The Morgan fingerprint density at radius 2 is 1.38 bits per heavy atom. The van der Waals surface area contributed by atoms with E-state index in [1.807, 2.05) is 0 Å². The third-order valence-electron chi connectivity index (χ3n) is 7.36. The van der Waals surface area contributed by atoms with E-state index in [0.29, 0.717) is 21.9 Å². The SMILES string of the molecule is O=C1c2c(c3c4c(ccc5c4c2CCC5)CCC3)CCC1[S+]1CCCC1. The lowest BCUT2D eigenvalue weighted by molar-refractivity contribution is 0.0977. The zero-order valence-electron chi connectivity index (χ0n) is 15.5. The van der Waals surface area contributed by atoms with Gasteiger partial charge in [0.15, 0.2) is 5.25 Å². The number of rotatable bonds is 1. The largest absolute Gasteiger partial charge is 0.288 e. The quantitative estimate of drug-likeness (QED) is 0.670. The Bertz CT molecular complexity index is 935. The van der Waals surface area contributed by atoms with Crippen LogP contribution in [0.3, 0.4) is 0 Å². The van der Waals surface area contributed by atoms with Crippen molar-refractivity contribution in [3.63, 3.8) is 0 Å². The van der Waals surface area contributed by atoms with Crippen molar-refractivity contribution in [1.82, 2.24) is 0 Å². The average molecular weight is 364 g/mol. The van der Waals surface area contributed by atoms with E-state index >= 15 is 0 Å². The standard InChI is InChI=1S/C24H27OS/c25-24-20(26-13-1-2-14-26)12-11-18-17-7-3-5-15-9-10-16-6-4-8-19(23(18)24)22(16)21(15)17/h9-10,20H,1-8,11-14H2/q+1. The molecule has 2 aromatic rings. The highest BCUT2D eigenvalue weighted by Crippen LogP contribution is 2.45. The molecule has 26 heavy (non-hydrogen) atoms. The number of ketones is 1. The van der Waals surface area contributed by atoms with Crippen LogP contribution in [0.4, 0.5) is 0 Å². The molecule has 2 aromatic carbocycles. The summed E-state index contributed by atoms with van der Waals surface area (Å²) < 4.78 is 0. The maximum atomic E-state index is 13.7. The number of benzene rings is 2. The first-order valence-corrected chi connectivity index (χ1v) is 12.3. The van der Waals surface area contributed by atoms with Gasteiger partial charge in [-0.05, 0) is 107 Å². The lowest BCUT2D eigenvalue weighted by atomic mass is 9.72. The van der Waals surface area contributed by atoms with Crippen LogP contribution in [-0.4, -0.2) is 22.5 Å². The number of hydrogen-bond acceptors (Lipinski definition) is 1. The number of fused-ring (bicyclic) bond motifs is 3. The number of carbonyl (C=O) groups excluding carboxylic acids is 1. The Kier molecular flexibility index (Phi) is 3.55. The molecule has 134 valence electrons. The normalized spacial score (nSPS) is 24.9. The first-order valence-electron chi connectivity index (χ1n) is 10.6. The molecule has 1 fully saturated rings. The Morgan fingerprint density at radius 1 is 0.731 bits per heavy atom. The number of Topliss-reactive ketones (excluding diaryl/α,β-unsaturated/α-hetero) is 1. The molecule has 1 atom stereocenters. The van der Waals surface area contributed by atoms with Crippen molar-refractivity contribution < 1.29 is 4.79 Å². The monoisotopic (exact) mass is 363 g/mol. The summed E-state index contributed by atoms with van der Waals surface area (Å²) in [6.07, 6.45) is 12.2. The average Bonchev–Trinajstić information content (AvgIpc) is 3.21. The zero-order chi connectivity index (χ0) is 17.3. The molecular formula is C24H27OS+. The summed E-state index contributed by atoms with van der Waals surface area (Å²) in [5.74, 6) is 3.18. The second-order valence-corrected chi connectivity index (χ2v) is 11.2. The van der Waals surface area contributed by atoms with E-state index in [0.717, 1.165) is 19.3 Å². The minimum atomic E-state index is 0.350. The Morgan fingerprint density at radius 3 is 2.12 bits per heavy atom. The predicted molar refractivity (Wildman–Crippen MR) is 111 cm³/mol. The van der Waals surface area contributed by atoms with Crippen LogP contribution in [-0.2, 0) is 43.0 Å². The molecule has 0 radical (unpaired) electrons. The van der Waals surface area contributed by atoms with Gasteiger partial charge in [0, 0.05) is 12.0 Å². The molecule has 0 N–H and O–H groups in total. The fraction of sp³-hybridized carbons (Fsp3) is 0.542. The van der Waals surface area contributed by atoms with Crippen molar-refractivity contribution in [1.29, 1.82) is 0 Å². The zero-order valence-corrected chi connectivity index (χ0v) is 16.4. The predicted octanol–water partition coefficient (Wildman–Crippen LogP) is 4.73.